The number of hydrogen-bond acceptors (Lipinski definition) is 2. The molecule has 2 N–H and O–H groups in total. The summed E-state index contributed by atoms with van der Waals surface area (Å²) in [6.07, 6.45) is 1.97. The SMILES string of the molecule is Cc1cc(F)cc(N2CCC(N)CC2C)c1. The Kier molecular flexibility index (Phi) is 3.15. The summed E-state index contributed by atoms with van der Waals surface area (Å²) < 4.78 is 13.3. The minimum atomic E-state index is -0.155. The molecule has 3 heteroatoms. The van der Waals surface area contributed by atoms with E-state index in [0.717, 1.165) is 30.6 Å². The van der Waals surface area contributed by atoms with Crippen LogP contribution in [-0.4, -0.2) is 18.6 Å². The van der Waals surface area contributed by atoms with Gasteiger partial charge in [0.05, 0.1) is 0 Å². The number of hydrogen-bond donors (Lipinski definition) is 1. The first-order valence-corrected chi connectivity index (χ1v) is 5.85. The van der Waals surface area contributed by atoms with E-state index in [2.05, 4.69) is 11.8 Å². The van der Waals surface area contributed by atoms with E-state index < -0.39 is 0 Å². The number of anilines is 1. The van der Waals surface area contributed by atoms with Crippen molar-refractivity contribution in [3.05, 3.63) is 29.6 Å². The average Bonchev–Trinajstić information content (AvgIpc) is 2.15. The molecule has 0 spiro atoms. The summed E-state index contributed by atoms with van der Waals surface area (Å²) in [7, 11) is 0. The Hall–Kier alpha value is -1.09. The van der Waals surface area contributed by atoms with Crippen LogP contribution in [-0.2, 0) is 0 Å². The minimum absolute atomic E-state index is 0.155. The van der Waals surface area contributed by atoms with E-state index in [0.29, 0.717) is 12.1 Å². The molecule has 1 fully saturated rings. The topological polar surface area (TPSA) is 29.3 Å². The largest absolute Gasteiger partial charge is 0.369 e. The summed E-state index contributed by atoms with van der Waals surface area (Å²) in [6, 6.07) is 5.89. The number of rotatable bonds is 1. The van der Waals surface area contributed by atoms with Crippen molar-refractivity contribution in [2.45, 2.75) is 38.8 Å². The number of nitrogens with two attached hydrogens (primary N) is 1. The van der Waals surface area contributed by atoms with Crippen molar-refractivity contribution in [3.8, 4) is 0 Å². The zero-order valence-electron chi connectivity index (χ0n) is 9.91. The predicted octanol–water partition coefficient (Wildman–Crippen LogP) is 2.45. The molecule has 1 heterocycles. The number of piperidine rings is 1. The van der Waals surface area contributed by atoms with Crippen LogP contribution in [0.5, 0.6) is 0 Å². The van der Waals surface area contributed by atoms with Crippen molar-refractivity contribution in [2.24, 2.45) is 5.73 Å². The molecule has 0 bridgehead atoms. The molecule has 2 atom stereocenters. The van der Waals surface area contributed by atoms with Gasteiger partial charge in [-0.25, -0.2) is 4.39 Å². The van der Waals surface area contributed by atoms with Crippen LogP contribution in [0.15, 0.2) is 18.2 Å². The van der Waals surface area contributed by atoms with E-state index in [-0.39, 0.29) is 5.82 Å². The molecule has 1 aromatic rings. The first kappa shape index (κ1) is 11.4. The molecule has 1 aromatic carbocycles. The fourth-order valence-corrected chi connectivity index (χ4v) is 2.47. The van der Waals surface area contributed by atoms with Gasteiger partial charge >= 0.3 is 0 Å². The van der Waals surface area contributed by atoms with E-state index in [1.54, 1.807) is 12.1 Å². The lowest BCUT2D eigenvalue weighted by molar-refractivity contribution is 0.429. The fraction of sp³-hybridized carbons (Fsp3) is 0.538. The molecule has 1 aliphatic rings. The third-order valence-electron chi connectivity index (χ3n) is 3.28. The summed E-state index contributed by atoms with van der Waals surface area (Å²) in [5.41, 5.74) is 7.88. The van der Waals surface area contributed by atoms with E-state index in [9.17, 15) is 4.39 Å². The van der Waals surface area contributed by atoms with E-state index in [1.165, 1.54) is 0 Å². The molecule has 16 heavy (non-hydrogen) atoms. The van der Waals surface area contributed by atoms with Gasteiger partial charge in [-0.05, 0) is 50.5 Å². The Balaban J connectivity index is 2.23. The summed E-state index contributed by atoms with van der Waals surface area (Å²) in [5.74, 6) is -0.155. The maximum absolute atomic E-state index is 13.3. The van der Waals surface area contributed by atoms with Crippen LogP contribution in [0.25, 0.3) is 0 Å². The number of halogens is 1. The monoisotopic (exact) mass is 222 g/mol. The van der Waals surface area contributed by atoms with Crippen molar-refractivity contribution < 1.29 is 4.39 Å². The molecule has 0 aliphatic carbocycles. The number of aryl methyl sites for hydroxylation is 1. The fourth-order valence-electron chi connectivity index (χ4n) is 2.47. The molecule has 88 valence electrons. The third-order valence-corrected chi connectivity index (χ3v) is 3.28. The number of nitrogens with zero attached hydrogens (tertiary/aromatic N) is 1. The highest BCUT2D eigenvalue weighted by Crippen LogP contribution is 2.25. The molecular weight excluding hydrogens is 203 g/mol. The van der Waals surface area contributed by atoms with Gasteiger partial charge < -0.3 is 10.6 Å². The van der Waals surface area contributed by atoms with Gasteiger partial charge in [-0.2, -0.15) is 0 Å². The van der Waals surface area contributed by atoms with Crippen molar-refractivity contribution >= 4 is 5.69 Å². The molecule has 0 amide bonds. The van der Waals surface area contributed by atoms with Gasteiger partial charge in [-0.3, -0.25) is 0 Å². The van der Waals surface area contributed by atoms with Crippen molar-refractivity contribution in [1.82, 2.24) is 0 Å². The second-order valence-electron chi connectivity index (χ2n) is 4.81. The standard InChI is InChI=1S/C13H19FN2/c1-9-5-11(14)8-13(6-9)16-4-3-12(15)7-10(16)2/h5-6,8,10,12H,3-4,7,15H2,1-2H3. The van der Waals surface area contributed by atoms with Gasteiger partial charge in [0, 0.05) is 24.3 Å². The average molecular weight is 222 g/mol. The lowest BCUT2D eigenvalue weighted by Gasteiger charge is -2.38. The Morgan fingerprint density at radius 1 is 1.38 bits per heavy atom. The molecule has 2 nitrogen and oxygen atoms in total. The maximum atomic E-state index is 13.3. The van der Waals surface area contributed by atoms with Crippen LogP contribution in [0.2, 0.25) is 0 Å². The number of benzene rings is 1. The Labute approximate surface area is 96.2 Å². The zero-order valence-corrected chi connectivity index (χ0v) is 9.91. The lowest BCUT2D eigenvalue weighted by atomic mass is 9.98. The third kappa shape index (κ3) is 2.35. The Morgan fingerprint density at radius 2 is 2.12 bits per heavy atom. The van der Waals surface area contributed by atoms with Crippen molar-refractivity contribution in [2.75, 3.05) is 11.4 Å². The van der Waals surface area contributed by atoms with Crippen LogP contribution < -0.4 is 10.6 Å². The lowest BCUT2D eigenvalue weighted by Crippen LogP contribution is -2.45. The molecule has 0 radical (unpaired) electrons. The normalized spacial score (nSPS) is 25.9. The molecule has 1 saturated heterocycles. The first-order valence-electron chi connectivity index (χ1n) is 5.85. The van der Waals surface area contributed by atoms with Crippen LogP contribution in [0.4, 0.5) is 10.1 Å². The summed E-state index contributed by atoms with van der Waals surface area (Å²) >= 11 is 0. The highest BCUT2D eigenvalue weighted by molar-refractivity contribution is 5.50. The van der Waals surface area contributed by atoms with Gasteiger partial charge in [0.2, 0.25) is 0 Å². The van der Waals surface area contributed by atoms with Crippen LogP contribution in [0.1, 0.15) is 25.3 Å². The van der Waals surface area contributed by atoms with Gasteiger partial charge in [-0.1, -0.05) is 0 Å². The Morgan fingerprint density at radius 3 is 2.75 bits per heavy atom. The van der Waals surface area contributed by atoms with E-state index >= 15 is 0 Å². The van der Waals surface area contributed by atoms with Gasteiger partial charge in [0.1, 0.15) is 5.82 Å². The Bertz CT molecular complexity index is 358. The highest BCUT2D eigenvalue weighted by atomic mass is 19.1. The molecule has 2 rings (SSSR count). The molecule has 0 aromatic heterocycles. The summed E-state index contributed by atoms with van der Waals surface area (Å²) in [6.45, 7) is 5.00. The molecular formula is C13H19FN2. The molecule has 1 aliphatic heterocycles. The quantitative estimate of drug-likeness (QED) is 0.791. The van der Waals surface area contributed by atoms with Crippen molar-refractivity contribution in [1.29, 1.82) is 0 Å². The predicted molar refractivity (Wildman–Crippen MR) is 65.2 cm³/mol. The van der Waals surface area contributed by atoms with E-state index in [4.69, 9.17) is 5.73 Å². The summed E-state index contributed by atoms with van der Waals surface area (Å²) in [5, 5.41) is 0. The summed E-state index contributed by atoms with van der Waals surface area (Å²) in [4.78, 5) is 2.25. The van der Waals surface area contributed by atoms with E-state index in [1.807, 2.05) is 13.0 Å². The smallest absolute Gasteiger partial charge is 0.125 e. The van der Waals surface area contributed by atoms with Crippen LogP contribution >= 0.6 is 0 Å². The van der Waals surface area contributed by atoms with Gasteiger partial charge in [-0.15, -0.1) is 0 Å². The maximum Gasteiger partial charge on any atom is 0.125 e. The zero-order chi connectivity index (χ0) is 11.7. The van der Waals surface area contributed by atoms with Crippen LogP contribution in [0.3, 0.4) is 0 Å². The van der Waals surface area contributed by atoms with Gasteiger partial charge in [0.15, 0.2) is 0 Å². The molecule has 2 unspecified atom stereocenters. The molecule has 0 saturated carbocycles. The van der Waals surface area contributed by atoms with Crippen molar-refractivity contribution in [3.63, 3.8) is 0 Å². The highest BCUT2D eigenvalue weighted by Gasteiger charge is 2.23. The second-order valence-corrected chi connectivity index (χ2v) is 4.81. The van der Waals surface area contributed by atoms with Gasteiger partial charge in [0.25, 0.3) is 0 Å². The minimum Gasteiger partial charge on any atom is -0.369 e. The second kappa shape index (κ2) is 4.42. The van der Waals surface area contributed by atoms with Crippen LogP contribution in [0, 0.1) is 12.7 Å². The first-order chi connectivity index (χ1) is 7.56.